The first-order chi connectivity index (χ1) is 14.6. The van der Waals surface area contributed by atoms with Crippen molar-refractivity contribution in [2.24, 2.45) is 0 Å². The van der Waals surface area contributed by atoms with Gasteiger partial charge in [0.15, 0.2) is 11.5 Å². The molecule has 7 nitrogen and oxygen atoms in total. The minimum atomic E-state index is -0.457. The third-order valence-corrected chi connectivity index (χ3v) is 5.89. The number of epoxide rings is 1. The molecule has 1 atom stereocenters. The largest absolute Gasteiger partial charge is 0.508 e. The van der Waals surface area contributed by atoms with Crippen LogP contribution >= 0.6 is 0 Å². The van der Waals surface area contributed by atoms with E-state index in [0.29, 0.717) is 12.0 Å². The van der Waals surface area contributed by atoms with E-state index in [1.54, 1.807) is 0 Å². The first-order valence-electron chi connectivity index (χ1n) is 10.2. The van der Waals surface area contributed by atoms with E-state index in [2.05, 4.69) is 13.8 Å². The number of benzene rings is 2. The Morgan fingerprint density at radius 3 is 2.45 bits per heavy atom. The lowest BCUT2D eigenvalue weighted by atomic mass is 9.98. The van der Waals surface area contributed by atoms with Gasteiger partial charge in [0.1, 0.15) is 28.1 Å². The zero-order chi connectivity index (χ0) is 22.5. The zero-order valence-electron chi connectivity index (χ0n) is 18.0. The summed E-state index contributed by atoms with van der Waals surface area (Å²) in [5.41, 5.74) is 1.27. The van der Waals surface area contributed by atoms with Crippen molar-refractivity contribution < 1.29 is 29.2 Å². The average molecular weight is 426 g/mol. The number of allylic oxidation sites excluding steroid dienone is 2. The van der Waals surface area contributed by atoms with Crippen LogP contribution in [0.4, 0.5) is 0 Å². The van der Waals surface area contributed by atoms with Gasteiger partial charge in [-0.1, -0.05) is 11.6 Å². The molecule has 0 amide bonds. The van der Waals surface area contributed by atoms with E-state index < -0.39 is 5.43 Å². The molecule has 0 spiro atoms. The predicted octanol–water partition coefficient (Wildman–Crippen LogP) is 4.52. The summed E-state index contributed by atoms with van der Waals surface area (Å²) >= 11 is 0. The van der Waals surface area contributed by atoms with E-state index in [0.717, 1.165) is 24.5 Å². The summed E-state index contributed by atoms with van der Waals surface area (Å²) in [6, 6.07) is 3.65. The predicted molar refractivity (Wildman–Crippen MR) is 117 cm³/mol. The van der Waals surface area contributed by atoms with Gasteiger partial charge < -0.3 is 29.2 Å². The minimum Gasteiger partial charge on any atom is -0.508 e. The maximum absolute atomic E-state index is 13.3. The highest BCUT2D eigenvalue weighted by Gasteiger charge is 2.46. The van der Waals surface area contributed by atoms with Gasteiger partial charge in [0.25, 0.3) is 0 Å². The second-order valence-electron chi connectivity index (χ2n) is 8.55. The van der Waals surface area contributed by atoms with Crippen molar-refractivity contribution in [3.8, 4) is 23.0 Å². The second kappa shape index (κ2) is 7.50. The molecular formula is C24H26O7. The molecule has 1 aliphatic rings. The molecule has 0 bridgehead atoms. The Bertz CT molecular complexity index is 1270. The van der Waals surface area contributed by atoms with Crippen LogP contribution in [0.5, 0.6) is 23.0 Å². The van der Waals surface area contributed by atoms with Crippen LogP contribution in [0.3, 0.4) is 0 Å². The number of phenols is 3. The van der Waals surface area contributed by atoms with E-state index in [9.17, 15) is 20.1 Å². The normalized spacial score (nSPS) is 17.9. The first kappa shape index (κ1) is 21.1. The van der Waals surface area contributed by atoms with E-state index in [4.69, 9.17) is 13.9 Å². The summed E-state index contributed by atoms with van der Waals surface area (Å²) in [4.78, 5) is 13.3. The van der Waals surface area contributed by atoms with Crippen molar-refractivity contribution in [2.75, 3.05) is 7.11 Å². The minimum absolute atomic E-state index is 0.0317. The molecule has 0 saturated carbocycles. The zero-order valence-corrected chi connectivity index (χ0v) is 18.0. The molecule has 0 aliphatic carbocycles. The highest BCUT2D eigenvalue weighted by Crippen LogP contribution is 2.40. The monoisotopic (exact) mass is 426 g/mol. The molecule has 2 heterocycles. The fourth-order valence-corrected chi connectivity index (χ4v) is 4.05. The van der Waals surface area contributed by atoms with Crippen LogP contribution in [-0.2, 0) is 11.2 Å². The maximum Gasteiger partial charge on any atom is 0.204 e. The quantitative estimate of drug-likeness (QED) is 0.302. The third kappa shape index (κ3) is 3.81. The second-order valence-corrected chi connectivity index (χ2v) is 8.55. The van der Waals surface area contributed by atoms with Gasteiger partial charge in [-0.05, 0) is 40.0 Å². The smallest absolute Gasteiger partial charge is 0.204 e. The number of fused-ring (bicyclic) bond motifs is 2. The highest BCUT2D eigenvalue weighted by atomic mass is 16.6. The molecule has 3 aromatic rings. The topological polar surface area (TPSA) is 113 Å². The lowest BCUT2D eigenvalue weighted by molar-refractivity contribution is 0.320. The van der Waals surface area contributed by atoms with Crippen molar-refractivity contribution in [1.82, 2.24) is 0 Å². The van der Waals surface area contributed by atoms with Gasteiger partial charge in [-0.3, -0.25) is 4.79 Å². The van der Waals surface area contributed by atoms with Crippen LogP contribution in [-0.4, -0.2) is 34.1 Å². The van der Waals surface area contributed by atoms with E-state index >= 15 is 0 Å². The molecule has 1 fully saturated rings. The number of hydrogen-bond acceptors (Lipinski definition) is 7. The van der Waals surface area contributed by atoms with E-state index in [1.807, 2.05) is 13.0 Å². The van der Waals surface area contributed by atoms with Gasteiger partial charge in [-0.15, -0.1) is 0 Å². The maximum atomic E-state index is 13.3. The summed E-state index contributed by atoms with van der Waals surface area (Å²) < 4.78 is 16.8. The first-order valence-corrected chi connectivity index (χ1v) is 10.2. The number of phenolic OH excluding ortho intramolecular Hbond substituents is 3. The van der Waals surface area contributed by atoms with Gasteiger partial charge in [0.2, 0.25) is 5.43 Å². The molecule has 3 N–H and O–H groups in total. The molecule has 164 valence electrons. The Balaban J connectivity index is 1.80. The van der Waals surface area contributed by atoms with Gasteiger partial charge in [0, 0.05) is 23.8 Å². The average Bonchev–Trinajstić information content (AvgIpc) is 3.29. The molecule has 31 heavy (non-hydrogen) atoms. The van der Waals surface area contributed by atoms with Gasteiger partial charge in [0.05, 0.1) is 24.2 Å². The van der Waals surface area contributed by atoms with E-state index in [1.165, 1.54) is 19.2 Å². The lowest BCUT2D eigenvalue weighted by Crippen LogP contribution is -2.07. The van der Waals surface area contributed by atoms with Crippen LogP contribution in [0, 0.1) is 0 Å². The molecule has 0 radical (unpaired) electrons. The van der Waals surface area contributed by atoms with Crippen molar-refractivity contribution in [3.63, 3.8) is 0 Å². The highest BCUT2D eigenvalue weighted by molar-refractivity contribution is 5.96. The standard InChI is InChI=1S/C24H26O7/c1-12(6-8-19-24(2,3)31-19)5-7-14-20-18(11-16(27)23(14)29-4)30-17-10-13(25)9-15(26)21(17)22(20)28/h5,9-11,19,25-27H,6-8H2,1-4H3. The Morgan fingerprint density at radius 1 is 1.13 bits per heavy atom. The van der Waals surface area contributed by atoms with Crippen LogP contribution < -0.4 is 10.2 Å². The number of rotatable bonds is 6. The third-order valence-electron chi connectivity index (χ3n) is 5.89. The Morgan fingerprint density at radius 2 is 1.81 bits per heavy atom. The number of methoxy groups -OCH3 is 1. The van der Waals surface area contributed by atoms with Crippen LogP contribution in [0.25, 0.3) is 21.9 Å². The van der Waals surface area contributed by atoms with E-state index in [-0.39, 0.29) is 56.6 Å². The van der Waals surface area contributed by atoms with Crippen LogP contribution in [0.2, 0.25) is 0 Å². The fourth-order valence-electron chi connectivity index (χ4n) is 4.05. The van der Waals surface area contributed by atoms with Crippen LogP contribution in [0.15, 0.2) is 39.1 Å². The van der Waals surface area contributed by atoms with Crippen molar-refractivity contribution in [2.45, 2.75) is 51.7 Å². The Labute approximate surface area is 179 Å². The Hall–Kier alpha value is -3.19. The van der Waals surface area contributed by atoms with Gasteiger partial charge in [-0.25, -0.2) is 0 Å². The molecule has 1 unspecified atom stereocenters. The van der Waals surface area contributed by atoms with Gasteiger partial charge in [-0.2, -0.15) is 0 Å². The molecule has 1 saturated heterocycles. The summed E-state index contributed by atoms with van der Waals surface area (Å²) in [6.07, 6.45) is 4.35. The van der Waals surface area contributed by atoms with Crippen molar-refractivity contribution >= 4 is 21.9 Å². The molecule has 1 aromatic heterocycles. The van der Waals surface area contributed by atoms with Crippen molar-refractivity contribution in [1.29, 1.82) is 0 Å². The van der Waals surface area contributed by atoms with Crippen molar-refractivity contribution in [3.05, 3.63) is 45.6 Å². The number of aromatic hydroxyl groups is 3. The summed E-state index contributed by atoms with van der Waals surface area (Å²) in [7, 11) is 1.42. The summed E-state index contributed by atoms with van der Waals surface area (Å²) in [5, 5.41) is 30.6. The lowest BCUT2D eigenvalue weighted by Gasteiger charge is -2.13. The summed E-state index contributed by atoms with van der Waals surface area (Å²) in [6.45, 7) is 6.15. The fraction of sp³-hybridized carbons (Fsp3) is 0.375. The molecule has 2 aromatic carbocycles. The number of ether oxygens (including phenoxy) is 2. The molecule has 1 aliphatic heterocycles. The molecular weight excluding hydrogens is 400 g/mol. The summed E-state index contributed by atoms with van der Waals surface area (Å²) in [5.74, 6) is -0.571. The van der Waals surface area contributed by atoms with Crippen LogP contribution in [0.1, 0.15) is 39.2 Å². The van der Waals surface area contributed by atoms with Gasteiger partial charge >= 0.3 is 0 Å². The Kier molecular flexibility index (Phi) is 5.09. The molecule has 4 rings (SSSR count). The molecule has 7 heteroatoms. The SMILES string of the molecule is COc1c(O)cc2oc3cc(O)cc(O)c3c(=O)c2c1CC=C(C)CCC1OC1(C)C. The number of hydrogen-bond donors (Lipinski definition) is 3.